The highest BCUT2D eigenvalue weighted by Gasteiger charge is 2.49. The van der Waals surface area contributed by atoms with E-state index in [0.29, 0.717) is 46.4 Å². The maximum atomic E-state index is 16.1. The van der Waals surface area contributed by atoms with E-state index < -0.39 is 44.8 Å². The Kier molecular flexibility index (Phi) is 8.13. The summed E-state index contributed by atoms with van der Waals surface area (Å²) in [6, 6.07) is 2.55. The van der Waals surface area contributed by atoms with Gasteiger partial charge in [0.15, 0.2) is 11.5 Å². The van der Waals surface area contributed by atoms with Gasteiger partial charge in [-0.3, -0.25) is 4.68 Å². The summed E-state index contributed by atoms with van der Waals surface area (Å²) in [5.41, 5.74) is 1.68. The number of aromatic nitrogens is 6. The van der Waals surface area contributed by atoms with Gasteiger partial charge in [-0.25, -0.2) is 28.2 Å². The number of aliphatic hydroxyl groups excluding tert-OH is 1. The van der Waals surface area contributed by atoms with Crippen LogP contribution in [0.3, 0.4) is 0 Å². The van der Waals surface area contributed by atoms with Gasteiger partial charge in [-0.15, -0.1) is 0 Å². The predicted molar refractivity (Wildman–Crippen MR) is 166 cm³/mol. The highest BCUT2D eigenvalue weighted by Crippen LogP contribution is 2.42. The molecule has 1 aromatic carbocycles. The average molecular weight is 694 g/mol. The lowest BCUT2D eigenvalue weighted by atomic mass is 9.95. The fourth-order valence-corrected chi connectivity index (χ4v) is 7.50. The molecule has 0 saturated carbocycles. The summed E-state index contributed by atoms with van der Waals surface area (Å²) >= 11 is 3.42. The number of carboxylic acid groups (broad SMARTS) is 1. The number of ether oxygens (including phenoxy) is 1. The van der Waals surface area contributed by atoms with Crippen LogP contribution in [-0.4, -0.2) is 84.8 Å². The van der Waals surface area contributed by atoms with Gasteiger partial charge in [-0.05, 0) is 53.4 Å². The normalized spacial score (nSPS) is 22.0. The number of nitrogens with zero attached hydrogens (tertiary/aromatic N) is 7. The second kappa shape index (κ2) is 11.6. The molecule has 5 heterocycles. The SMILES string of the molecule is Cn1nc2ccc(-c3nn(COCC[Si](C)(C)C)c4nc(N5[C@H]6CC[C@@H]5[C@@H](F)[C@@H](NC(=O)O)C6)c(CO)nc34)c(F)c2c1Br. The van der Waals surface area contributed by atoms with Crippen molar-refractivity contribution in [1.82, 2.24) is 34.8 Å². The van der Waals surface area contributed by atoms with Crippen molar-refractivity contribution in [2.45, 2.75) is 82.6 Å². The van der Waals surface area contributed by atoms with Crippen molar-refractivity contribution in [3.05, 3.63) is 28.2 Å². The zero-order chi connectivity index (χ0) is 31.5. The first kappa shape index (κ1) is 30.8. The first-order valence-electron chi connectivity index (χ1n) is 14.6. The first-order valence-corrected chi connectivity index (χ1v) is 19.1. The lowest BCUT2D eigenvalue weighted by Gasteiger charge is -2.42. The second-order valence-electron chi connectivity index (χ2n) is 12.7. The Bertz CT molecular complexity index is 1740. The van der Waals surface area contributed by atoms with Gasteiger partial charge >= 0.3 is 6.09 Å². The zero-order valence-corrected chi connectivity index (χ0v) is 27.5. The standard InChI is InChI=1S/C28H35BrF2N8O4Si/c1-37-25(29)20-16(35-37)7-6-15(21(20)30)23-24-27(38(36-23)13-43-9-10-44(2,3)4)34-26(18(12-40)32-24)39-14-5-8-19(39)22(31)17(11-14)33-28(41)42/h6-7,14,17,19,22,33,40H,5,8-13H2,1-4H3,(H,41,42)/t14-,17-,19+,22-/m0/s1. The first-order chi connectivity index (χ1) is 20.9. The van der Waals surface area contributed by atoms with Crippen LogP contribution in [0.15, 0.2) is 16.7 Å². The Labute approximate surface area is 261 Å². The Hall–Kier alpha value is -3.21. The van der Waals surface area contributed by atoms with Gasteiger partial charge in [0.1, 0.15) is 40.2 Å². The van der Waals surface area contributed by atoms with Crippen molar-refractivity contribution in [1.29, 1.82) is 0 Å². The van der Waals surface area contributed by atoms with Crippen molar-refractivity contribution < 1.29 is 28.5 Å². The van der Waals surface area contributed by atoms with Crippen molar-refractivity contribution in [3.63, 3.8) is 0 Å². The number of nitrogens with one attached hydrogen (secondary N) is 1. The number of anilines is 1. The van der Waals surface area contributed by atoms with Crippen molar-refractivity contribution in [2.75, 3.05) is 11.5 Å². The van der Waals surface area contributed by atoms with Crippen LogP contribution in [0.5, 0.6) is 0 Å². The molecular weight excluding hydrogens is 658 g/mol. The van der Waals surface area contributed by atoms with Crippen LogP contribution in [0.4, 0.5) is 19.4 Å². The van der Waals surface area contributed by atoms with E-state index in [-0.39, 0.29) is 41.7 Å². The summed E-state index contributed by atoms with van der Waals surface area (Å²) in [7, 11) is 0.345. The molecule has 0 aliphatic carbocycles. The van der Waals surface area contributed by atoms with Crippen molar-refractivity contribution in [3.8, 4) is 11.3 Å². The molecule has 0 unspecified atom stereocenters. The number of amides is 1. The molecule has 2 aliphatic rings. The molecule has 3 aromatic heterocycles. The van der Waals surface area contributed by atoms with E-state index in [1.54, 1.807) is 19.2 Å². The Balaban J connectivity index is 1.46. The fraction of sp³-hybridized carbons (Fsp3) is 0.536. The molecule has 16 heteroatoms. The molecule has 2 fully saturated rings. The maximum absolute atomic E-state index is 16.1. The van der Waals surface area contributed by atoms with Crippen molar-refractivity contribution >= 4 is 58.0 Å². The number of fused-ring (bicyclic) bond motifs is 4. The molecule has 12 nitrogen and oxygen atoms in total. The molecule has 0 spiro atoms. The van der Waals surface area contributed by atoms with Crippen molar-refractivity contribution in [2.24, 2.45) is 7.05 Å². The number of aryl methyl sites for hydroxylation is 1. The monoisotopic (exact) mass is 692 g/mol. The molecule has 1 amide bonds. The summed E-state index contributed by atoms with van der Waals surface area (Å²) < 4.78 is 41.3. The van der Waals surface area contributed by atoms with Crippen LogP contribution in [-0.2, 0) is 25.1 Å². The fourth-order valence-electron chi connectivity index (χ4n) is 6.29. The molecule has 4 atom stereocenters. The average Bonchev–Trinajstić information content (AvgIpc) is 3.59. The number of carbonyl (C=O) groups is 1. The molecule has 44 heavy (non-hydrogen) atoms. The van der Waals surface area contributed by atoms with Gasteiger partial charge in [0.05, 0.1) is 29.6 Å². The van der Waals surface area contributed by atoms with Crippen LogP contribution in [0, 0.1) is 5.82 Å². The van der Waals surface area contributed by atoms with Gasteiger partial charge in [0, 0.05) is 33.3 Å². The van der Waals surface area contributed by atoms with E-state index in [2.05, 4.69) is 46.0 Å². The molecule has 4 aromatic rings. The quantitative estimate of drug-likeness (QED) is 0.166. The molecular formula is C28H35BrF2N8O4Si. The van der Waals surface area contributed by atoms with Crippen LogP contribution >= 0.6 is 15.9 Å². The highest BCUT2D eigenvalue weighted by molar-refractivity contribution is 9.10. The van der Waals surface area contributed by atoms with E-state index in [9.17, 15) is 15.0 Å². The zero-order valence-electron chi connectivity index (χ0n) is 24.9. The van der Waals surface area contributed by atoms with Crippen LogP contribution in [0.25, 0.3) is 33.3 Å². The lowest BCUT2D eigenvalue weighted by Crippen LogP contribution is -2.58. The van der Waals surface area contributed by atoms with Gasteiger partial charge in [-0.1, -0.05) is 19.6 Å². The number of hydrogen-bond acceptors (Lipinski definition) is 8. The number of benzene rings is 1. The maximum Gasteiger partial charge on any atom is 0.404 e. The number of rotatable bonds is 9. The summed E-state index contributed by atoms with van der Waals surface area (Å²) in [6.45, 7) is 6.82. The Morgan fingerprint density at radius 1 is 1.23 bits per heavy atom. The van der Waals surface area contributed by atoms with E-state index in [0.717, 1.165) is 6.04 Å². The molecule has 236 valence electrons. The van der Waals surface area contributed by atoms with E-state index in [1.165, 1.54) is 9.36 Å². The number of aliphatic hydroxyl groups is 1. The number of hydrogen-bond donors (Lipinski definition) is 3. The molecule has 2 aliphatic heterocycles. The van der Waals surface area contributed by atoms with Gasteiger partial charge < -0.3 is 25.2 Å². The summed E-state index contributed by atoms with van der Waals surface area (Å²) in [5, 5.41) is 31.3. The Morgan fingerprint density at radius 2 is 2.00 bits per heavy atom. The van der Waals surface area contributed by atoms with Crippen LogP contribution < -0.4 is 10.2 Å². The topological polar surface area (TPSA) is 143 Å². The largest absolute Gasteiger partial charge is 0.465 e. The molecule has 6 rings (SSSR count). The minimum Gasteiger partial charge on any atom is -0.465 e. The molecule has 2 bridgehead atoms. The van der Waals surface area contributed by atoms with E-state index in [4.69, 9.17) is 19.8 Å². The summed E-state index contributed by atoms with van der Waals surface area (Å²) in [5.74, 6) is -0.221. The lowest BCUT2D eigenvalue weighted by molar-refractivity contribution is 0.0814. The minimum atomic E-state index is -1.47. The van der Waals surface area contributed by atoms with Gasteiger partial charge in [0.25, 0.3) is 0 Å². The second-order valence-corrected chi connectivity index (χ2v) is 19.1. The van der Waals surface area contributed by atoms with Crippen LogP contribution in [0.2, 0.25) is 25.7 Å². The molecule has 3 N–H and O–H groups in total. The summed E-state index contributed by atoms with van der Waals surface area (Å²) in [6.07, 6.45) is -1.34. The van der Waals surface area contributed by atoms with E-state index in [1.807, 2.05) is 4.90 Å². The predicted octanol–water partition coefficient (Wildman–Crippen LogP) is 4.80. The third-order valence-electron chi connectivity index (χ3n) is 8.48. The third kappa shape index (κ3) is 5.45. The van der Waals surface area contributed by atoms with Gasteiger partial charge in [0.2, 0.25) is 0 Å². The molecule has 2 saturated heterocycles. The number of piperidine rings is 1. The van der Waals surface area contributed by atoms with Gasteiger partial charge in [-0.2, -0.15) is 10.2 Å². The number of halogens is 3. The Morgan fingerprint density at radius 3 is 2.70 bits per heavy atom. The smallest absolute Gasteiger partial charge is 0.404 e. The summed E-state index contributed by atoms with van der Waals surface area (Å²) in [4.78, 5) is 22.8. The van der Waals surface area contributed by atoms with Crippen LogP contribution in [0.1, 0.15) is 25.0 Å². The number of alkyl halides is 1. The van der Waals surface area contributed by atoms with E-state index >= 15 is 8.78 Å². The molecule has 0 radical (unpaired) electrons. The third-order valence-corrected chi connectivity index (χ3v) is 11.1. The highest BCUT2D eigenvalue weighted by atomic mass is 79.9. The minimum absolute atomic E-state index is 0.0389.